The van der Waals surface area contributed by atoms with Crippen LogP contribution in [0.3, 0.4) is 0 Å². The number of benzene rings is 2. The fraction of sp³-hybridized carbons (Fsp3) is 0.318. The van der Waals surface area contributed by atoms with Crippen molar-refractivity contribution in [3.05, 3.63) is 54.1 Å². The van der Waals surface area contributed by atoms with Gasteiger partial charge in [0.2, 0.25) is 11.8 Å². The first-order chi connectivity index (χ1) is 14.1. The monoisotopic (exact) mass is 395 g/mol. The molecule has 1 saturated heterocycles. The average Bonchev–Trinajstić information content (AvgIpc) is 2.74. The molecule has 2 aromatic carbocycles. The third-order valence-electron chi connectivity index (χ3n) is 4.75. The van der Waals surface area contributed by atoms with Crippen molar-refractivity contribution in [2.75, 3.05) is 30.4 Å². The average molecular weight is 395 g/mol. The lowest BCUT2D eigenvalue weighted by Crippen LogP contribution is -2.35. The number of anilines is 2. The van der Waals surface area contributed by atoms with Crippen molar-refractivity contribution in [2.24, 2.45) is 0 Å². The van der Waals surface area contributed by atoms with Crippen LogP contribution >= 0.6 is 0 Å². The molecule has 3 rings (SSSR count). The van der Waals surface area contributed by atoms with E-state index in [0.29, 0.717) is 35.7 Å². The van der Waals surface area contributed by atoms with Crippen LogP contribution in [-0.2, 0) is 9.59 Å². The Bertz CT molecular complexity index is 883. The summed E-state index contributed by atoms with van der Waals surface area (Å²) < 4.78 is 5.39. The van der Waals surface area contributed by atoms with Crippen LogP contribution < -0.4 is 20.3 Å². The Labute approximate surface area is 170 Å². The Morgan fingerprint density at radius 2 is 1.90 bits per heavy atom. The van der Waals surface area contributed by atoms with Crippen molar-refractivity contribution in [3.63, 3.8) is 0 Å². The minimum absolute atomic E-state index is 0.0571. The highest BCUT2D eigenvalue weighted by Gasteiger charge is 2.23. The molecule has 0 unspecified atom stereocenters. The number of rotatable bonds is 7. The second kappa shape index (κ2) is 9.73. The van der Waals surface area contributed by atoms with E-state index in [1.54, 1.807) is 54.5 Å². The number of nitrogens with zero attached hydrogens (tertiary/aromatic N) is 1. The van der Waals surface area contributed by atoms with Gasteiger partial charge in [0.05, 0.1) is 12.8 Å². The number of ether oxygens (including phenoxy) is 1. The maximum absolute atomic E-state index is 12.3. The fourth-order valence-electron chi connectivity index (χ4n) is 3.24. The number of piperidine rings is 1. The molecule has 0 spiro atoms. The largest absolute Gasteiger partial charge is 0.495 e. The van der Waals surface area contributed by atoms with E-state index < -0.39 is 0 Å². The van der Waals surface area contributed by atoms with E-state index in [4.69, 9.17) is 4.74 Å². The molecule has 1 heterocycles. The van der Waals surface area contributed by atoms with E-state index in [2.05, 4.69) is 10.6 Å². The van der Waals surface area contributed by atoms with Crippen LogP contribution in [0.25, 0.3) is 0 Å². The Morgan fingerprint density at radius 1 is 1.10 bits per heavy atom. The van der Waals surface area contributed by atoms with Crippen LogP contribution in [0.2, 0.25) is 0 Å². The first-order valence-electron chi connectivity index (χ1n) is 9.70. The molecule has 2 aromatic rings. The van der Waals surface area contributed by atoms with Crippen molar-refractivity contribution < 1.29 is 19.1 Å². The van der Waals surface area contributed by atoms with Crippen molar-refractivity contribution in [1.29, 1.82) is 0 Å². The molecule has 152 valence electrons. The molecule has 0 aromatic heterocycles. The van der Waals surface area contributed by atoms with Crippen LogP contribution in [0.15, 0.2) is 48.5 Å². The van der Waals surface area contributed by atoms with E-state index in [1.807, 2.05) is 6.07 Å². The topological polar surface area (TPSA) is 87.7 Å². The van der Waals surface area contributed by atoms with Gasteiger partial charge in [0, 0.05) is 37.2 Å². The van der Waals surface area contributed by atoms with E-state index in [1.165, 1.54) is 0 Å². The van der Waals surface area contributed by atoms with Gasteiger partial charge in [-0.15, -0.1) is 0 Å². The molecular weight excluding hydrogens is 370 g/mol. The molecule has 2 N–H and O–H groups in total. The van der Waals surface area contributed by atoms with E-state index in [0.717, 1.165) is 12.8 Å². The highest BCUT2D eigenvalue weighted by atomic mass is 16.5. The van der Waals surface area contributed by atoms with E-state index in [-0.39, 0.29) is 30.7 Å². The molecule has 0 atom stereocenters. The van der Waals surface area contributed by atoms with E-state index >= 15 is 0 Å². The molecule has 1 aliphatic heterocycles. The molecule has 0 aliphatic carbocycles. The molecule has 0 saturated carbocycles. The Balaban J connectivity index is 1.58. The highest BCUT2D eigenvalue weighted by Crippen LogP contribution is 2.33. The Hall–Kier alpha value is -3.35. The van der Waals surface area contributed by atoms with Crippen molar-refractivity contribution >= 4 is 29.1 Å². The van der Waals surface area contributed by atoms with Gasteiger partial charge in [-0.2, -0.15) is 0 Å². The Morgan fingerprint density at radius 3 is 2.62 bits per heavy atom. The second-order valence-corrected chi connectivity index (χ2v) is 6.81. The van der Waals surface area contributed by atoms with Gasteiger partial charge in [0.15, 0.2) is 0 Å². The summed E-state index contributed by atoms with van der Waals surface area (Å²) in [7, 11) is 1.56. The first kappa shape index (κ1) is 20.4. The quantitative estimate of drug-likeness (QED) is 0.755. The number of hydrogen-bond acceptors (Lipinski definition) is 4. The predicted octanol–water partition coefficient (Wildman–Crippen LogP) is 2.97. The molecule has 29 heavy (non-hydrogen) atoms. The molecule has 3 amide bonds. The predicted molar refractivity (Wildman–Crippen MR) is 111 cm³/mol. The van der Waals surface area contributed by atoms with E-state index in [9.17, 15) is 14.4 Å². The molecule has 1 aliphatic rings. The molecule has 1 fully saturated rings. The zero-order valence-corrected chi connectivity index (χ0v) is 16.4. The molecule has 0 radical (unpaired) electrons. The van der Waals surface area contributed by atoms with Crippen LogP contribution in [0.1, 0.15) is 36.0 Å². The summed E-state index contributed by atoms with van der Waals surface area (Å²) in [4.78, 5) is 38.2. The van der Waals surface area contributed by atoms with Gasteiger partial charge in [-0.25, -0.2) is 0 Å². The third-order valence-corrected chi connectivity index (χ3v) is 4.75. The number of amides is 3. The van der Waals surface area contributed by atoms with Gasteiger partial charge >= 0.3 is 0 Å². The summed E-state index contributed by atoms with van der Waals surface area (Å²) in [5.41, 5.74) is 1.80. The van der Waals surface area contributed by atoms with Gasteiger partial charge in [-0.05, 0) is 43.2 Å². The van der Waals surface area contributed by atoms with Crippen LogP contribution in [0.4, 0.5) is 11.4 Å². The Kier molecular flexibility index (Phi) is 6.84. The second-order valence-electron chi connectivity index (χ2n) is 6.81. The lowest BCUT2D eigenvalue weighted by molar-refractivity contribution is -0.119. The van der Waals surface area contributed by atoms with Crippen molar-refractivity contribution in [3.8, 4) is 5.75 Å². The lowest BCUT2D eigenvalue weighted by Gasteiger charge is -2.28. The summed E-state index contributed by atoms with van der Waals surface area (Å²) in [6.45, 7) is 0.866. The zero-order chi connectivity index (χ0) is 20.6. The van der Waals surface area contributed by atoms with Crippen LogP contribution in [0, 0.1) is 0 Å². The first-order valence-corrected chi connectivity index (χ1v) is 9.70. The van der Waals surface area contributed by atoms with Gasteiger partial charge in [-0.1, -0.05) is 18.2 Å². The molecule has 7 nitrogen and oxygen atoms in total. The summed E-state index contributed by atoms with van der Waals surface area (Å²) in [5, 5.41) is 5.55. The van der Waals surface area contributed by atoms with Crippen molar-refractivity contribution in [1.82, 2.24) is 5.32 Å². The maximum Gasteiger partial charge on any atom is 0.251 e. The van der Waals surface area contributed by atoms with Gasteiger partial charge in [0.1, 0.15) is 5.75 Å². The molecular formula is C22H25N3O4. The number of nitrogens with one attached hydrogen (secondary N) is 2. The summed E-state index contributed by atoms with van der Waals surface area (Å²) in [6.07, 6.45) is 2.48. The number of carbonyl (C=O) groups is 3. The summed E-state index contributed by atoms with van der Waals surface area (Å²) >= 11 is 0. The zero-order valence-electron chi connectivity index (χ0n) is 16.4. The number of carbonyl (C=O) groups excluding carboxylic acids is 3. The van der Waals surface area contributed by atoms with Gasteiger partial charge in [-0.3, -0.25) is 14.4 Å². The van der Waals surface area contributed by atoms with Crippen LogP contribution in [0.5, 0.6) is 5.75 Å². The molecule has 7 heteroatoms. The standard InChI is InChI=1S/C22H25N3O4/c1-29-19-11-10-17(15-18(19)25-14-6-5-9-21(25)27)24-20(26)12-13-23-22(28)16-7-3-2-4-8-16/h2-4,7-8,10-11,15H,5-6,9,12-14H2,1H3,(H,23,28)(H,24,26). The van der Waals surface area contributed by atoms with Gasteiger partial charge in [0.25, 0.3) is 5.91 Å². The lowest BCUT2D eigenvalue weighted by atomic mass is 10.1. The number of methoxy groups -OCH3 is 1. The summed E-state index contributed by atoms with van der Waals surface area (Å²) in [5.74, 6) is 0.211. The summed E-state index contributed by atoms with van der Waals surface area (Å²) in [6, 6.07) is 14.1. The van der Waals surface area contributed by atoms with Crippen molar-refractivity contribution in [2.45, 2.75) is 25.7 Å². The smallest absolute Gasteiger partial charge is 0.251 e. The maximum atomic E-state index is 12.3. The SMILES string of the molecule is COc1ccc(NC(=O)CCNC(=O)c2ccccc2)cc1N1CCCCC1=O. The minimum atomic E-state index is -0.223. The highest BCUT2D eigenvalue weighted by molar-refractivity contribution is 5.98. The number of hydrogen-bond donors (Lipinski definition) is 2. The third kappa shape index (κ3) is 5.34. The fourth-order valence-corrected chi connectivity index (χ4v) is 3.24. The normalized spacial score (nSPS) is 13.7. The van der Waals surface area contributed by atoms with Crippen LogP contribution in [-0.4, -0.2) is 37.9 Å². The molecule has 0 bridgehead atoms. The minimum Gasteiger partial charge on any atom is -0.495 e. The van der Waals surface area contributed by atoms with Gasteiger partial charge < -0.3 is 20.3 Å².